The number of carbonyl (C=O) groups is 2. The molecular weight excluding hydrogens is 515 g/mol. The number of nitrogens with two attached hydrogens (primary N) is 1. The lowest BCUT2D eigenvalue weighted by molar-refractivity contribution is -0.131. The Morgan fingerprint density at radius 2 is 2.00 bits per heavy atom. The largest absolute Gasteiger partial charge is 0.485 e. The molecule has 3 atom stereocenters. The molecule has 40 heavy (non-hydrogen) atoms. The van der Waals surface area contributed by atoms with Gasteiger partial charge in [-0.05, 0) is 69.0 Å². The highest BCUT2D eigenvalue weighted by molar-refractivity contribution is 6.00. The lowest BCUT2D eigenvalue weighted by atomic mass is 9.86. The molecule has 4 N–H and O–H groups in total. The van der Waals surface area contributed by atoms with Crippen molar-refractivity contribution in [1.82, 2.24) is 10.2 Å². The van der Waals surface area contributed by atoms with Crippen LogP contribution in [0.5, 0.6) is 5.75 Å². The fourth-order valence-corrected chi connectivity index (χ4v) is 5.54. The summed E-state index contributed by atoms with van der Waals surface area (Å²) < 4.78 is 25.3. The van der Waals surface area contributed by atoms with E-state index in [4.69, 9.17) is 20.2 Å². The van der Waals surface area contributed by atoms with E-state index in [1.165, 1.54) is 23.1 Å². The third-order valence-corrected chi connectivity index (χ3v) is 8.10. The Morgan fingerprint density at radius 1 is 1.27 bits per heavy atom. The number of fused-ring (bicyclic) bond motifs is 1. The number of methoxy groups -OCH3 is 1. The van der Waals surface area contributed by atoms with Crippen molar-refractivity contribution in [2.75, 3.05) is 13.7 Å². The number of ether oxygens (including phenoxy) is 2. The topological polar surface area (TPSA) is 126 Å². The Balaban J connectivity index is 1.66. The van der Waals surface area contributed by atoms with Crippen LogP contribution in [0.3, 0.4) is 0 Å². The molecule has 2 aliphatic rings. The Labute approximate surface area is 234 Å². The lowest BCUT2D eigenvalue weighted by Gasteiger charge is -2.42. The van der Waals surface area contributed by atoms with E-state index < -0.39 is 41.1 Å². The molecule has 0 radical (unpaired) electrons. The van der Waals surface area contributed by atoms with E-state index in [1.54, 1.807) is 39.2 Å². The van der Waals surface area contributed by atoms with Gasteiger partial charge in [0.1, 0.15) is 23.3 Å². The van der Waals surface area contributed by atoms with Gasteiger partial charge < -0.3 is 25.6 Å². The van der Waals surface area contributed by atoms with Gasteiger partial charge in [-0.15, -0.1) is 0 Å². The van der Waals surface area contributed by atoms with E-state index in [9.17, 15) is 19.1 Å². The number of hydrogen-bond acceptors (Lipinski definition) is 7. The Hall–Kier alpha value is -3.50. The first-order chi connectivity index (χ1) is 18.9. The second kappa shape index (κ2) is 11.5. The number of nitrogens with zero attached hydrogens (tertiary/aromatic N) is 2. The van der Waals surface area contributed by atoms with Crippen LogP contribution in [0, 0.1) is 5.82 Å². The van der Waals surface area contributed by atoms with Gasteiger partial charge in [-0.3, -0.25) is 14.5 Å². The molecule has 0 saturated carbocycles. The molecule has 4 rings (SSSR count). The summed E-state index contributed by atoms with van der Waals surface area (Å²) >= 11 is 0. The van der Waals surface area contributed by atoms with Gasteiger partial charge in [-0.2, -0.15) is 0 Å². The van der Waals surface area contributed by atoms with Gasteiger partial charge in [-0.1, -0.05) is 26.0 Å². The molecule has 2 aliphatic heterocycles. The van der Waals surface area contributed by atoms with Crippen LogP contribution < -0.4 is 15.8 Å². The van der Waals surface area contributed by atoms with E-state index in [0.29, 0.717) is 48.3 Å². The summed E-state index contributed by atoms with van der Waals surface area (Å²) in [5, 5.41) is 13.9. The highest BCUT2D eigenvalue weighted by Crippen LogP contribution is 2.40. The maximum Gasteiger partial charge on any atom is 0.251 e. The molecule has 0 fully saturated rings. The monoisotopic (exact) mass is 554 g/mol. The molecule has 0 spiro atoms. The third-order valence-electron chi connectivity index (χ3n) is 8.10. The number of rotatable bonds is 9. The summed E-state index contributed by atoms with van der Waals surface area (Å²) in [7, 11) is 1.58. The normalized spacial score (nSPS) is 22.1. The Morgan fingerprint density at radius 3 is 2.65 bits per heavy atom. The van der Waals surface area contributed by atoms with Crippen molar-refractivity contribution in [1.29, 1.82) is 0 Å². The van der Waals surface area contributed by atoms with Gasteiger partial charge in [0.05, 0.1) is 24.0 Å². The van der Waals surface area contributed by atoms with Crippen LogP contribution >= 0.6 is 0 Å². The van der Waals surface area contributed by atoms with Gasteiger partial charge >= 0.3 is 0 Å². The van der Waals surface area contributed by atoms with Gasteiger partial charge in [0.15, 0.2) is 5.96 Å². The summed E-state index contributed by atoms with van der Waals surface area (Å²) in [6.07, 6.45) is 0.947. The first-order valence-electron chi connectivity index (χ1n) is 13.7. The predicted octanol–water partition coefficient (Wildman–Crippen LogP) is 4.01. The van der Waals surface area contributed by atoms with E-state index in [1.807, 2.05) is 19.9 Å². The third kappa shape index (κ3) is 5.69. The highest BCUT2D eigenvalue weighted by atomic mass is 19.1. The summed E-state index contributed by atoms with van der Waals surface area (Å²) in [6.45, 7) is 7.76. The lowest BCUT2D eigenvalue weighted by Crippen LogP contribution is -2.53. The number of carbonyl (C=O) groups excluding carboxylic acids is 2. The number of aliphatic hydroxyl groups excluding tert-OH is 1. The van der Waals surface area contributed by atoms with Crippen LogP contribution in [0.25, 0.3) is 0 Å². The molecule has 10 heteroatoms. The predicted molar refractivity (Wildman–Crippen MR) is 149 cm³/mol. The van der Waals surface area contributed by atoms with Crippen LogP contribution in [0.2, 0.25) is 0 Å². The zero-order chi connectivity index (χ0) is 29.2. The smallest absolute Gasteiger partial charge is 0.251 e. The zero-order valence-corrected chi connectivity index (χ0v) is 23.7. The number of halogens is 1. The molecule has 0 unspecified atom stereocenters. The van der Waals surface area contributed by atoms with Crippen LogP contribution in [0.4, 0.5) is 4.39 Å². The summed E-state index contributed by atoms with van der Waals surface area (Å²) in [5.41, 5.74) is 6.21. The van der Waals surface area contributed by atoms with Crippen LogP contribution in [0.1, 0.15) is 86.9 Å². The molecule has 2 aromatic rings. The van der Waals surface area contributed by atoms with Crippen LogP contribution in [-0.2, 0) is 9.53 Å². The molecule has 2 aromatic carbocycles. The van der Waals surface area contributed by atoms with Crippen molar-refractivity contribution >= 4 is 17.8 Å². The van der Waals surface area contributed by atoms with Crippen molar-refractivity contribution in [3.63, 3.8) is 0 Å². The average Bonchev–Trinajstić information content (AvgIpc) is 2.92. The molecule has 2 amide bonds. The van der Waals surface area contributed by atoms with E-state index in [2.05, 4.69) is 5.32 Å². The number of hydrogen-bond donors (Lipinski definition) is 3. The summed E-state index contributed by atoms with van der Waals surface area (Å²) in [5.74, 6) is -0.548. The molecule has 2 heterocycles. The van der Waals surface area contributed by atoms with E-state index in [-0.39, 0.29) is 18.3 Å². The number of amides is 2. The van der Waals surface area contributed by atoms with E-state index in [0.717, 1.165) is 0 Å². The van der Waals surface area contributed by atoms with Gasteiger partial charge in [-0.25, -0.2) is 9.38 Å². The molecule has 0 aliphatic carbocycles. The number of benzene rings is 2. The molecular formula is C30H39FN4O5. The number of guanidine groups is 1. The average molecular weight is 555 g/mol. The SMILES string of the molecule is CCC1(CC)CC(=O)N([C@H](CCOC)c2cccc(C(=O)N[C@@H]3c4cc(F)ccc4OC(C)(C)[C@H]3O)c2)C(N)=N1. The maximum atomic E-state index is 14.1. The highest BCUT2D eigenvalue weighted by Gasteiger charge is 2.44. The number of nitrogens with one attached hydrogen (secondary N) is 1. The zero-order valence-electron chi connectivity index (χ0n) is 23.7. The summed E-state index contributed by atoms with van der Waals surface area (Å²) in [6, 6.07) is 9.51. The number of aliphatic imine (C=N–C) groups is 1. The van der Waals surface area contributed by atoms with Crippen molar-refractivity contribution in [2.24, 2.45) is 10.7 Å². The fraction of sp³-hybridized carbons (Fsp3) is 0.500. The quantitative estimate of drug-likeness (QED) is 0.430. The summed E-state index contributed by atoms with van der Waals surface area (Å²) in [4.78, 5) is 33.2. The second-order valence-corrected chi connectivity index (χ2v) is 11.0. The van der Waals surface area contributed by atoms with Crippen molar-refractivity contribution in [3.05, 3.63) is 65.0 Å². The van der Waals surface area contributed by atoms with E-state index >= 15 is 0 Å². The Bertz CT molecular complexity index is 1290. The molecule has 0 bridgehead atoms. The van der Waals surface area contributed by atoms with Crippen molar-refractivity contribution in [3.8, 4) is 5.75 Å². The molecule has 0 saturated heterocycles. The second-order valence-electron chi connectivity index (χ2n) is 11.0. The minimum absolute atomic E-state index is 0.127. The van der Waals surface area contributed by atoms with Gasteiger partial charge in [0.25, 0.3) is 5.91 Å². The van der Waals surface area contributed by atoms with Gasteiger partial charge in [0.2, 0.25) is 5.91 Å². The maximum absolute atomic E-state index is 14.1. The minimum Gasteiger partial charge on any atom is -0.485 e. The van der Waals surface area contributed by atoms with Crippen molar-refractivity contribution in [2.45, 2.75) is 82.7 Å². The van der Waals surface area contributed by atoms with Crippen molar-refractivity contribution < 1.29 is 28.6 Å². The molecule has 216 valence electrons. The first-order valence-corrected chi connectivity index (χ1v) is 13.7. The standard InChI is InChI=1S/C30H39FN4O5/c1-6-30(7-2)17-24(36)35(28(32)34-30)22(13-14-39-5)18-9-8-10-19(15-18)27(38)33-25-21-16-20(31)11-12-23(21)40-29(3,4)26(25)37/h8-12,15-16,22,25-26,37H,6-7,13-14,17H2,1-5H3,(H2,32,34)(H,33,38)/t22-,25-,26+/m1/s1. The first kappa shape index (κ1) is 29.5. The van der Waals surface area contributed by atoms with Crippen LogP contribution in [-0.4, -0.2) is 58.7 Å². The van der Waals surface area contributed by atoms with Gasteiger partial charge in [0, 0.05) is 24.8 Å². The molecule has 9 nitrogen and oxygen atoms in total. The number of aliphatic hydroxyl groups is 1. The van der Waals surface area contributed by atoms with Crippen LogP contribution in [0.15, 0.2) is 47.5 Å². The Kier molecular flexibility index (Phi) is 8.51. The minimum atomic E-state index is -1.14. The fourth-order valence-electron chi connectivity index (χ4n) is 5.54. The molecule has 0 aromatic heterocycles.